The van der Waals surface area contributed by atoms with E-state index in [9.17, 15) is 45.3 Å². The molecule has 2 aromatic rings. The molecule has 1 saturated heterocycles. The van der Waals surface area contributed by atoms with Crippen molar-refractivity contribution in [3.63, 3.8) is 0 Å². The van der Waals surface area contributed by atoms with Crippen LogP contribution in [0.5, 0.6) is 23.0 Å². The molecule has 0 saturated carbocycles. The van der Waals surface area contributed by atoms with E-state index in [1.165, 1.54) is 0 Å². The summed E-state index contributed by atoms with van der Waals surface area (Å²) >= 11 is 0. The number of hydrogen-bond donors (Lipinski definition) is 8. The van der Waals surface area contributed by atoms with Gasteiger partial charge >= 0.3 is 0 Å². The van der Waals surface area contributed by atoms with E-state index < -0.39 is 105 Å². The first kappa shape index (κ1) is 26.4. The van der Waals surface area contributed by atoms with Gasteiger partial charge in [-0.3, -0.25) is 9.59 Å². The summed E-state index contributed by atoms with van der Waals surface area (Å²) in [4.78, 5) is 26.9. The van der Waals surface area contributed by atoms with Crippen LogP contribution in [0.4, 0.5) is 0 Å². The van der Waals surface area contributed by atoms with Crippen molar-refractivity contribution in [3.8, 4) is 23.0 Å². The van der Waals surface area contributed by atoms with Gasteiger partial charge in [-0.25, -0.2) is 0 Å². The maximum atomic E-state index is 13.5. The van der Waals surface area contributed by atoms with Crippen LogP contribution < -0.4 is 5.73 Å². The van der Waals surface area contributed by atoms with Crippen LogP contribution >= 0.6 is 0 Å². The second-order valence-corrected chi connectivity index (χ2v) is 10.1. The van der Waals surface area contributed by atoms with Gasteiger partial charge in [0.2, 0.25) is 11.6 Å². The highest BCUT2D eigenvalue weighted by Crippen LogP contribution is 2.56. The van der Waals surface area contributed by atoms with E-state index >= 15 is 0 Å². The van der Waals surface area contributed by atoms with Crippen LogP contribution in [0.2, 0.25) is 0 Å². The number of ether oxygens (including phenoxy) is 2. The summed E-state index contributed by atoms with van der Waals surface area (Å²) in [5.74, 6) is -5.04. The molecule has 0 amide bonds. The first-order valence-electron chi connectivity index (χ1n) is 12.2. The Morgan fingerprint density at radius 3 is 2.00 bits per heavy atom. The lowest BCUT2D eigenvalue weighted by Gasteiger charge is -2.44. The number of aliphatic hydroxyl groups is 3. The normalized spacial score (nSPS) is 32.5. The molecule has 0 radical (unpaired) electrons. The highest BCUT2D eigenvalue weighted by molar-refractivity contribution is 6.32. The van der Waals surface area contributed by atoms with Gasteiger partial charge in [0.1, 0.15) is 29.1 Å². The monoisotopic (exact) mass is 531 g/mol. The highest BCUT2D eigenvalue weighted by Gasteiger charge is 2.51. The van der Waals surface area contributed by atoms with Gasteiger partial charge in [-0.1, -0.05) is 6.92 Å². The number of rotatable bonds is 3. The predicted molar refractivity (Wildman–Crippen MR) is 128 cm³/mol. The Hall–Kier alpha value is -3.26. The van der Waals surface area contributed by atoms with Crippen LogP contribution in [0, 0.1) is 0 Å². The smallest absolute Gasteiger partial charge is 0.202 e. The average Bonchev–Trinajstić information content (AvgIpc) is 2.86. The largest absolute Gasteiger partial charge is 0.507 e. The number of ketones is 2. The molecule has 204 valence electrons. The highest BCUT2D eigenvalue weighted by atomic mass is 16.7. The van der Waals surface area contributed by atoms with E-state index in [1.807, 2.05) is 0 Å². The van der Waals surface area contributed by atoms with Crippen molar-refractivity contribution in [3.05, 3.63) is 45.5 Å². The Morgan fingerprint density at radius 2 is 1.50 bits per heavy atom. The number of fused-ring (bicyclic) bond motifs is 3. The van der Waals surface area contributed by atoms with Crippen molar-refractivity contribution >= 4 is 11.6 Å². The second kappa shape index (κ2) is 8.90. The minimum Gasteiger partial charge on any atom is -0.507 e. The van der Waals surface area contributed by atoms with Gasteiger partial charge < -0.3 is 51.0 Å². The van der Waals surface area contributed by atoms with Crippen LogP contribution in [-0.2, 0) is 9.47 Å². The molecule has 1 heterocycles. The number of phenols is 4. The van der Waals surface area contributed by atoms with Crippen molar-refractivity contribution in [1.82, 2.24) is 0 Å². The fraction of sp³-hybridized carbons (Fsp3) is 0.462. The molecule has 7 atom stereocenters. The van der Waals surface area contributed by atoms with Crippen molar-refractivity contribution in [2.45, 2.75) is 75.5 Å². The summed E-state index contributed by atoms with van der Waals surface area (Å²) in [7, 11) is 0. The van der Waals surface area contributed by atoms with Crippen LogP contribution in [-0.4, -0.2) is 77.5 Å². The lowest BCUT2D eigenvalue weighted by Crippen LogP contribution is -2.52. The van der Waals surface area contributed by atoms with Crippen LogP contribution in [0.15, 0.2) is 12.1 Å². The maximum absolute atomic E-state index is 13.5. The SMILES string of the molecule is CC[C@@]1(O)C[C@H](O[C@H]2C[C@H](N)[C@H](O)[C@H](C)O2)c2c(O)c3c(c(O)c2[C@H]1O)C(=O)c1c(O)ccc(O)c1C3=O. The zero-order valence-electron chi connectivity index (χ0n) is 20.6. The van der Waals surface area contributed by atoms with Crippen LogP contribution in [0.25, 0.3) is 0 Å². The van der Waals surface area contributed by atoms with Gasteiger partial charge in [-0.2, -0.15) is 0 Å². The quantitative estimate of drug-likeness (QED) is 0.219. The van der Waals surface area contributed by atoms with Gasteiger partial charge in [-0.15, -0.1) is 0 Å². The van der Waals surface area contributed by atoms with Crippen molar-refractivity contribution in [2.24, 2.45) is 5.73 Å². The van der Waals surface area contributed by atoms with Gasteiger partial charge in [-0.05, 0) is 25.5 Å². The van der Waals surface area contributed by atoms with E-state index in [0.717, 1.165) is 12.1 Å². The van der Waals surface area contributed by atoms with Crippen molar-refractivity contribution in [1.29, 1.82) is 0 Å². The van der Waals surface area contributed by atoms with E-state index in [0.29, 0.717) is 0 Å². The number of benzene rings is 2. The van der Waals surface area contributed by atoms with Crippen LogP contribution in [0.3, 0.4) is 0 Å². The number of aliphatic hydroxyl groups excluding tert-OH is 2. The third-order valence-corrected chi connectivity index (χ3v) is 7.92. The fourth-order valence-electron chi connectivity index (χ4n) is 5.71. The van der Waals surface area contributed by atoms with E-state index in [4.69, 9.17) is 15.2 Å². The molecule has 9 N–H and O–H groups in total. The molecule has 2 aliphatic carbocycles. The zero-order valence-corrected chi connectivity index (χ0v) is 20.6. The first-order valence-corrected chi connectivity index (χ1v) is 12.2. The number of phenolic OH excluding ortho intramolecular Hbond substituents is 4. The number of aromatic hydroxyl groups is 4. The maximum Gasteiger partial charge on any atom is 0.202 e. The summed E-state index contributed by atoms with van der Waals surface area (Å²) in [5, 5.41) is 75.7. The molecule has 0 unspecified atom stereocenters. The molecule has 3 aliphatic rings. The lowest BCUT2D eigenvalue weighted by atomic mass is 9.70. The summed E-state index contributed by atoms with van der Waals surface area (Å²) in [6.45, 7) is 3.17. The fourth-order valence-corrected chi connectivity index (χ4v) is 5.71. The molecular formula is C26H29NO11. The molecule has 5 rings (SSSR count). The first-order chi connectivity index (χ1) is 17.8. The second-order valence-electron chi connectivity index (χ2n) is 10.1. The Kier molecular flexibility index (Phi) is 6.17. The molecule has 0 spiro atoms. The Labute approximate surface area is 216 Å². The van der Waals surface area contributed by atoms with Gasteiger partial charge in [0.25, 0.3) is 0 Å². The number of carbonyl (C=O) groups excluding carboxylic acids is 2. The van der Waals surface area contributed by atoms with Gasteiger partial charge in [0.15, 0.2) is 6.29 Å². The molecule has 2 aromatic carbocycles. The molecule has 0 bridgehead atoms. The van der Waals surface area contributed by atoms with Gasteiger partial charge in [0.05, 0.1) is 46.2 Å². The lowest BCUT2D eigenvalue weighted by molar-refractivity contribution is -0.252. The summed E-state index contributed by atoms with van der Waals surface area (Å²) in [5.41, 5.74) is 0.996. The summed E-state index contributed by atoms with van der Waals surface area (Å²) in [6.07, 6.45) is -6.00. The predicted octanol–water partition coefficient (Wildman–Crippen LogP) is 0.743. The topological polar surface area (TPSA) is 220 Å². The third-order valence-electron chi connectivity index (χ3n) is 7.92. The zero-order chi connectivity index (χ0) is 27.8. The van der Waals surface area contributed by atoms with Crippen molar-refractivity contribution in [2.75, 3.05) is 0 Å². The molecule has 1 fully saturated rings. The minimum absolute atomic E-state index is 0.0186. The van der Waals surface area contributed by atoms with E-state index in [1.54, 1.807) is 13.8 Å². The molecule has 12 nitrogen and oxygen atoms in total. The molecular weight excluding hydrogens is 502 g/mol. The Bertz CT molecular complexity index is 1350. The molecule has 12 heteroatoms. The number of nitrogens with two attached hydrogens (primary N) is 1. The Balaban J connectivity index is 1.71. The van der Waals surface area contributed by atoms with Crippen molar-refractivity contribution < 1.29 is 54.8 Å². The van der Waals surface area contributed by atoms with E-state index in [2.05, 4.69) is 0 Å². The summed E-state index contributed by atoms with van der Waals surface area (Å²) < 4.78 is 11.7. The molecule has 1 aliphatic heterocycles. The average molecular weight is 532 g/mol. The summed E-state index contributed by atoms with van der Waals surface area (Å²) in [6, 6.07) is 1.30. The molecule has 38 heavy (non-hydrogen) atoms. The van der Waals surface area contributed by atoms with Crippen LogP contribution in [0.1, 0.15) is 88.3 Å². The van der Waals surface area contributed by atoms with Gasteiger partial charge in [0, 0.05) is 30.0 Å². The third kappa shape index (κ3) is 3.60. The number of carbonyl (C=O) groups is 2. The Morgan fingerprint density at radius 1 is 0.974 bits per heavy atom. The minimum atomic E-state index is -1.88. The van der Waals surface area contributed by atoms with E-state index in [-0.39, 0.29) is 24.8 Å². The standard InChI is InChI=1S/C26H29NO11/c1-3-26(36)7-12(38-13-6-9(27)20(30)8(2)37-13)16-19(25(26)35)24(34)18-17(23(16)33)21(31)14-10(28)4-5-11(29)15(14)22(18)32/h4-5,8-9,12-13,20,25,28-30,33-36H,3,6-7,27H2,1-2H3/t8-,9-,12-,13-,20+,25+,26+/m0/s1. The molecule has 0 aromatic heterocycles. The number of hydrogen-bond acceptors (Lipinski definition) is 12.